The first-order valence-corrected chi connectivity index (χ1v) is 11.1. The number of ketones is 1. The lowest BCUT2D eigenvalue weighted by molar-refractivity contribution is -0.116. The van der Waals surface area contributed by atoms with Crippen molar-refractivity contribution in [2.24, 2.45) is 0 Å². The molecule has 0 saturated heterocycles. The summed E-state index contributed by atoms with van der Waals surface area (Å²) < 4.78 is 17.4. The number of nitrogens with zero attached hydrogens (tertiary/aromatic N) is 3. The summed E-state index contributed by atoms with van der Waals surface area (Å²) >= 11 is 3.33. The third-order valence-electron chi connectivity index (χ3n) is 5.35. The maximum atomic E-state index is 14.6. The predicted molar refractivity (Wildman–Crippen MR) is 119 cm³/mol. The molecular weight excluding hydrogens is 463 g/mol. The quantitative estimate of drug-likeness (QED) is 0.489. The van der Waals surface area contributed by atoms with E-state index in [4.69, 9.17) is 0 Å². The van der Waals surface area contributed by atoms with Crippen molar-refractivity contribution in [3.8, 4) is 11.4 Å². The van der Waals surface area contributed by atoms with Gasteiger partial charge in [0.25, 0.3) is 0 Å². The molecule has 1 amide bonds. The SMILES string of the molecule is O=C(CCC(=O)c1ccc(Br)cc1)Nc1ccc(F)c(-c2nnc3n2CCCCC3)c1. The molecule has 0 atom stereocenters. The van der Waals surface area contributed by atoms with Gasteiger partial charge in [0.05, 0.1) is 5.56 Å². The summed E-state index contributed by atoms with van der Waals surface area (Å²) in [7, 11) is 0. The molecule has 0 bridgehead atoms. The summed E-state index contributed by atoms with van der Waals surface area (Å²) in [4.78, 5) is 24.6. The molecule has 0 saturated carbocycles. The topological polar surface area (TPSA) is 76.9 Å². The molecule has 0 fully saturated rings. The molecule has 1 aromatic heterocycles. The summed E-state index contributed by atoms with van der Waals surface area (Å²) in [5.41, 5.74) is 1.33. The lowest BCUT2D eigenvalue weighted by Crippen LogP contribution is -2.14. The summed E-state index contributed by atoms with van der Waals surface area (Å²) in [6.07, 6.45) is 4.14. The van der Waals surface area contributed by atoms with Gasteiger partial charge in [0.1, 0.15) is 11.6 Å². The number of nitrogens with one attached hydrogen (secondary N) is 1. The molecule has 2 aromatic carbocycles. The Morgan fingerprint density at radius 2 is 1.84 bits per heavy atom. The van der Waals surface area contributed by atoms with E-state index < -0.39 is 5.82 Å². The predicted octanol–water partition coefficient (Wildman–Crippen LogP) is 5.17. The minimum atomic E-state index is -0.414. The van der Waals surface area contributed by atoms with Crippen LogP contribution in [0.15, 0.2) is 46.9 Å². The zero-order valence-electron chi connectivity index (χ0n) is 16.9. The zero-order valence-corrected chi connectivity index (χ0v) is 18.5. The Morgan fingerprint density at radius 1 is 1.03 bits per heavy atom. The van der Waals surface area contributed by atoms with E-state index in [-0.39, 0.29) is 24.5 Å². The number of anilines is 1. The van der Waals surface area contributed by atoms with Gasteiger partial charge in [-0.05, 0) is 43.2 Å². The number of amides is 1. The van der Waals surface area contributed by atoms with Crippen LogP contribution >= 0.6 is 15.9 Å². The van der Waals surface area contributed by atoms with Crippen LogP contribution in [0.5, 0.6) is 0 Å². The smallest absolute Gasteiger partial charge is 0.224 e. The van der Waals surface area contributed by atoms with Crippen molar-refractivity contribution in [3.63, 3.8) is 0 Å². The monoisotopic (exact) mass is 484 g/mol. The van der Waals surface area contributed by atoms with Gasteiger partial charge in [-0.15, -0.1) is 10.2 Å². The number of aromatic nitrogens is 3. The van der Waals surface area contributed by atoms with E-state index in [9.17, 15) is 14.0 Å². The van der Waals surface area contributed by atoms with E-state index in [2.05, 4.69) is 31.4 Å². The molecule has 8 heteroatoms. The number of fused-ring (bicyclic) bond motifs is 1. The van der Waals surface area contributed by atoms with E-state index in [1.54, 1.807) is 30.3 Å². The van der Waals surface area contributed by atoms with Crippen LogP contribution in [-0.2, 0) is 17.8 Å². The molecule has 0 aliphatic carbocycles. The summed E-state index contributed by atoms with van der Waals surface area (Å²) in [5.74, 6) is 0.531. The van der Waals surface area contributed by atoms with Gasteiger partial charge in [-0.2, -0.15) is 0 Å². The van der Waals surface area contributed by atoms with Crippen LogP contribution in [0.1, 0.15) is 48.3 Å². The normalized spacial score (nSPS) is 13.4. The van der Waals surface area contributed by atoms with Gasteiger partial charge in [-0.3, -0.25) is 9.59 Å². The number of Topliss-reactive ketones (excluding diaryl/α,β-unsaturated/α-hetero) is 1. The molecule has 6 nitrogen and oxygen atoms in total. The number of rotatable bonds is 6. The Kier molecular flexibility index (Phi) is 6.56. The van der Waals surface area contributed by atoms with Crippen LogP contribution in [-0.4, -0.2) is 26.5 Å². The highest BCUT2D eigenvalue weighted by Gasteiger charge is 2.19. The fourth-order valence-corrected chi connectivity index (χ4v) is 3.95. The first-order chi connectivity index (χ1) is 15.0. The lowest BCUT2D eigenvalue weighted by Gasteiger charge is -2.10. The molecule has 1 aliphatic heterocycles. The second-order valence-electron chi connectivity index (χ2n) is 7.58. The second-order valence-corrected chi connectivity index (χ2v) is 8.49. The van der Waals surface area contributed by atoms with E-state index in [1.807, 2.05) is 4.57 Å². The molecule has 3 aromatic rings. The highest BCUT2D eigenvalue weighted by atomic mass is 79.9. The van der Waals surface area contributed by atoms with Crippen LogP contribution in [0, 0.1) is 5.82 Å². The molecule has 0 unspecified atom stereocenters. The third kappa shape index (κ3) is 5.07. The van der Waals surface area contributed by atoms with Crippen LogP contribution in [0.25, 0.3) is 11.4 Å². The molecular formula is C23H22BrFN4O2. The van der Waals surface area contributed by atoms with E-state index in [0.717, 1.165) is 42.5 Å². The van der Waals surface area contributed by atoms with Gasteiger partial charge in [0.15, 0.2) is 11.6 Å². The number of carbonyl (C=O) groups excluding carboxylic acids is 2. The Hall–Kier alpha value is -2.87. The van der Waals surface area contributed by atoms with Crippen molar-refractivity contribution < 1.29 is 14.0 Å². The van der Waals surface area contributed by atoms with Gasteiger partial charge in [0, 0.05) is 41.5 Å². The van der Waals surface area contributed by atoms with Crippen molar-refractivity contribution >= 4 is 33.3 Å². The molecule has 1 aliphatic rings. The molecule has 31 heavy (non-hydrogen) atoms. The van der Waals surface area contributed by atoms with Crippen LogP contribution in [0.2, 0.25) is 0 Å². The molecule has 0 spiro atoms. The van der Waals surface area contributed by atoms with E-state index >= 15 is 0 Å². The zero-order chi connectivity index (χ0) is 21.8. The van der Waals surface area contributed by atoms with Gasteiger partial charge in [0.2, 0.25) is 5.91 Å². The lowest BCUT2D eigenvalue weighted by atomic mass is 10.1. The van der Waals surface area contributed by atoms with E-state index in [1.165, 1.54) is 12.1 Å². The maximum absolute atomic E-state index is 14.6. The fraction of sp³-hybridized carbons (Fsp3) is 0.304. The van der Waals surface area contributed by atoms with Gasteiger partial charge < -0.3 is 9.88 Å². The fourth-order valence-electron chi connectivity index (χ4n) is 3.69. The molecule has 160 valence electrons. The summed E-state index contributed by atoms with van der Waals surface area (Å²) in [6, 6.07) is 11.4. The summed E-state index contributed by atoms with van der Waals surface area (Å²) in [5, 5.41) is 11.2. The van der Waals surface area contributed by atoms with Gasteiger partial charge in [-0.25, -0.2) is 4.39 Å². The molecule has 2 heterocycles. The van der Waals surface area contributed by atoms with Crippen molar-refractivity contribution in [2.75, 3.05) is 5.32 Å². The minimum Gasteiger partial charge on any atom is -0.326 e. The van der Waals surface area contributed by atoms with Gasteiger partial charge >= 0.3 is 0 Å². The Balaban J connectivity index is 1.44. The highest BCUT2D eigenvalue weighted by Crippen LogP contribution is 2.27. The number of halogens is 2. The number of hydrogen-bond acceptors (Lipinski definition) is 4. The van der Waals surface area contributed by atoms with Crippen LogP contribution < -0.4 is 5.32 Å². The largest absolute Gasteiger partial charge is 0.326 e. The van der Waals surface area contributed by atoms with Crippen LogP contribution in [0.4, 0.5) is 10.1 Å². The van der Waals surface area contributed by atoms with Crippen LogP contribution in [0.3, 0.4) is 0 Å². The Labute approximate surface area is 188 Å². The molecule has 0 radical (unpaired) electrons. The highest BCUT2D eigenvalue weighted by molar-refractivity contribution is 9.10. The van der Waals surface area contributed by atoms with Crippen molar-refractivity contribution in [1.29, 1.82) is 0 Å². The molecule has 1 N–H and O–H groups in total. The first kappa shape index (κ1) is 21.4. The number of carbonyl (C=O) groups is 2. The average molecular weight is 485 g/mol. The molecule has 4 rings (SSSR count). The Bertz CT molecular complexity index is 1110. The van der Waals surface area contributed by atoms with Gasteiger partial charge in [-0.1, -0.05) is 34.5 Å². The standard InChI is InChI=1S/C23H22BrFN4O2/c24-16-7-5-15(6-8-16)20(30)11-12-22(31)26-17-9-10-19(25)18(14-17)23-28-27-21-4-2-1-3-13-29(21)23/h5-10,14H,1-4,11-13H2,(H,26,31). The number of aryl methyl sites for hydroxylation is 1. The van der Waals surface area contributed by atoms with Crippen molar-refractivity contribution in [2.45, 2.75) is 45.1 Å². The van der Waals surface area contributed by atoms with Crippen molar-refractivity contribution in [3.05, 3.63) is 64.1 Å². The second kappa shape index (κ2) is 9.51. The average Bonchev–Trinajstić information content (AvgIpc) is 3.01. The summed E-state index contributed by atoms with van der Waals surface area (Å²) in [6.45, 7) is 0.756. The van der Waals surface area contributed by atoms with Crippen molar-refractivity contribution in [1.82, 2.24) is 14.8 Å². The number of benzene rings is 2. The Morgan fingerprint density at radius 3 is 2.65 bits per heavy atom. The third-order valence-corrected chi connectivity index (χ3v) is 5.87. The number of hydrogen-bond donors (Lipinski definition) is 1. The minimum absolute atomic E-state index is 0.0436. The maximum Gasteiger partial charge on any atom is 0.224 e. The first-order valence-electron chi connectivity index (χ1n) is 10.3. The van der Waals surface area contributed by atoms with E-state index in [0.29, 0.717) is 22.6 Å².